The molecule has 1 amide bonds. The smallest absolute Gasteiger partial charge is 0.237 e. The minimum atomic E-state index is -0.493. The van der Waals surface area contributed by atoms with Gasteiger partial charge in [-0.05, 0) is 55.6 Å². The van der Waals surface area contributed by atoms with Gasteiger partial charge in [0.25, 0.3) is 0 Å². The van der Waals surface area contributed by atoms with Gasteiger partial charge < -0.3 is 10.4 Å². The molecule has 7 heteroatoms. The van der Waals surface area contributed by atoms with Crippen LogP contribution in [0.15, 0.2) is 48.5 Å². The number of aliphatic hydroxyl groups is 1. The molecule has 2 N–H and O–H groups in total. The number of aliphatic hydroxyl groups excluding tert-OH is 1. The van der Waals surface area contributed by atoms with Crippen LogP contribution in [-0.2, 0) is 17.9 Å². The maximum absolute atomic E-state index is 13.2. The average Bonchev–Trinajstić information content (AvgIpc) is 3.16. The van der Waals surface area contributed by atoms with E-state index >= 15 is 0 Å². The number of β-amino-alcohol motifs (C(OH)–C–C–N with tert-alkyl or cyclic N) is 1. The first-order valence-corrected chi connectivity index (χ1v) is 11.3. The molecular weight excluding hydrogens is 417 g/mol. The summed E-state index contributed by atoms with van der Waals surface area (Å²) in [5.74, 6) is -0.507. The number of likely N-dealkylation sites (tertiary alicyclic amines) is 2. The first kappa shape index (κ1) is 22.2. The number of benzene rings is 2. The van der Waals surface area contributed by atoms with Crippen LogP contribution < -0.4 is 5.32 Å². The molecule has 2 aliphatic rings. The summed E-state index contributed by atoms with van der Waals surface area (Å²) in [5.41, 5.74) is 1.99. The largest absolute Gasteiger partial charge is 0.392 e. The number of halogens is 2. The Kier molecular flexibility index (Phi) is 7.23. The molecule has 0 aliphatic carbocycles. The summed E-state index contributed by atoms with van der Waals surface area (Å²) >= 11 is 6.07. The third kappa shape index (κ3) is 5.63. The number of carbonyl (C=O) groups is 1. The van der Waals surface area contributed by atoms with Crippen LogP contribution in [0.5, 0.6) is 0 Å². The monoisotopic (exact) mass is 445 g/mol. The lowest BCUT2D eigenvalue weighted by molar-refractivity contribution is -0.126. The van der Waals surface area contributed by atoms with Crippen LogP contribution >= 0.6 is 11.6 Å². The van der Waals surface area contributed by atoms with Crippen molar-refractivity contribution in [1.82, 2.24) is 15.1 Å². The van der Waals surface area contributed by atoms with Crippen molar-refractivity contribution in [2.75, 3.05) is 19.6 Å². The predicted octanol–water partition coefficient (Wildman–Crippen LogP) is 3.20. The highest BCUT2D eigenvalue weighted by molar-refractivity contribution is 6.31. The molecule has 0 spiro atoms. The van der Waals surface area contributed by atoms with Crippen molar-refractivity contribution in [2.24, 2.45) is 0 Å². The Morgan fingerprint density at radius 1 is 1.16 bits per heavy atom. The maximum Gasteiger partial charge on any atom is 0.237 e. The van der Waals surface area contributed by atoms with Crippen LogP contribution in [0.3, 0.4) is 0 Å². The molecule has 4 rings (SSSR count). The van der Waals surface area contributed by atoms with Gasteiger partial charge in [0.15, 0.2) is 0 Å². The number of rotatable bonds is 6. The predicted molar refractivity (Wildman–Crippen MR) is 119 cm³/mol. The third-order valence-electron chi connectivity index (χ3n) is 6.36. The number of piperidine rings is 1. The summed E-state index contributed by atoms with van der Waals surface area (Å²) < 4.78 is 13.2. The van der Waals surface area contributed by atoms with Crippen LogP contribution in [0.4, 0.5) is 4.39 Å². The van der Waals surface area contributed by atoms with Gasteiger partial charge in [0.1, 0.15) is 5.82 Å². The highest BCUT2D eigenvalue weighted by Crippen LogP contribution is 2.27. The zero-order valence-electron chi connectivity index (χ0n) is 17.5. The molecule has 0 aromatic heterocycles. The van der Waals surface area contributed by atoms with Gasteiger partial charge in [0.05, 0.1) is 12.1 Å². The molecule has 0 radical (unpaired) electrons. The summed E-state index contributed by atoms with van der Waals surface area (Å²) in [6, 6.07) is 14.6. The molecule has 2 saturated heterocycles. The van der Waals surface area contributed by atoms with E-state index in [2.05, 4.69) is 39.4 Å². The van der Waals surface area contributed by atoms with Crippen molar-refractivity contribution < 1.29 is 14.3 Å². The van der Waals surface area contributed by atoms with Gasteiger partial charge in [0.2, 0.25) is 5.91 Å². The lowest BCUT2D eigenvalue weighted by Crippen LogP contribution is -2.51. The van der Waals surface area contributed by atoms with E-state index in [4.69, 9.17) is 11.6 Å². The first-order valence-electron chi connectivity index (χ1n) is 10.9. The Hall–Kier alpha value is -1.99. The molecule has 0 unspecified atom stereocenters. The van der Waals surface area contributed by atoms with E-state index < -0.39 is 11.9 Å². The average molecular weight is 446 g/mol. The van der Waals surface area contributed by atoms with Crippen LogP contribution in [0.25, 0.3) is 0 Å². The summed E-state index contributed by atoms with van der Waals surface area (Å²) in [6.07, 6.45) is 1.90. The van der Waals surface area contributed by atoms with E-state index in [1.54, 1.807) is 6.07 Å². The number of hydrogen-bond acceptors (Lipinski definition) is 4. The molecule has 2 fully saturated rings. The van der Waals surface area contributed by atoms with E-state index in [9.17, 15) is 14.3 Å². The Morgan fingerprint density at radius 2 is 1.90 bits per heavy atom. The number of nitrogens with one attached hydrogen (secondary N) is 1. The number of hydrogen-bond donors (Lipinski definition) is 2. The third-order valence-corrected chi connectivity index (χ3v) is 6.72. The summed E-state index contributed by atoms with van der Waals surface area (Å²) in [4.78, 5) is 17.5. The molecule has 2 aliphatic heterocycles. The first-order chi connectivity index (χ1) is 15.0. The quantitative estimate of drug-likeness (QED) is 0.717. The fourth-order valence-electron chi connectivity index (χ4n) is 4.72. The van der Waals surface area contributed by atoms with Crippen LogP contribution in [0.2, 0.25) is 5.02 Å². The second-order valence-corrected chi connectivity index (χ2v) is 8.96. The van der Waals surface area contributed by atoms with Crippen molar-refractivity contribution in [2.45, 2.75) is 50.5 Å². The molecule has 31 heavy (non-hydrogen) atoms. The molecule has 2 atom stereocenters. The number of amides is 1. The number of carbonyl (C=O) groups excluding carboxylic acids is 1. The Morgan fingerprint density at radius 3 is 2.61 bits per heavy atom. The van der Waals surface area contributed by atoms with Gasteiger partial charge in [-0.2, -0.15) is 0 Å². The van der Waals surface area contributed by atoms with Crippen LogP contribution in [0, 0.1) is 5.82 Å². The second kappa shape index (κ2) is 10.1. The molecule has 2 aromatic rings. The van der Waals surface area contributed by atoms with Crippen molar-refractivity contribution in [1.29, 1.82) is 0 Å². The van der Waals surface area contributed by atoms with E-state index in [0.29, 0.717) is 23.6 Å². The maximum atomic E-state index is 13.2. The summed E-state index contributed by atoms with van der Waals surface area (Å²) in [7, 11) is 0. The summed E-state index contributed by atoms with van der Waals surface area (Å²) in [5, 5.41) is 13.5. The molecule has 0 bridgehead atoms. The van der Waals surface area contributed by atoms with Crippen molar-refractivity contribution in [3.8, 4) is 0 Å². The van der Waals surface area contributed by atoms with Gasteiger partial charge in [0, 0.05) is 30.7 Å². The fraction of sp³-hybridized carbons (Fsp3) is 0.458. The van der Waals surface area contributed by atoms with E-state index in [1.807, 2.05) is 6.07 Å². The van der Waals surface area contributed by atoms with Crippen LogP contribution in [0.1, 0.15) is 30.4 Å². The van der Waals surface area contributed by atoms with Gasteiger partial charge >= 0.3 is 0 Å². The van der Waals surface area contributed by atoms with Gasteiger partial charge in [-0.15, -0.1) is 0 Å². The molecular formula is C24H29ClFN3O2. The molecule has 0 saturated carbocycles. The van der Waals surface area contributed by atoms with Gasteiger partial charge in [-0.3, -0.25) is 14.6 Å². The zero-order chi connectivity index (χ0) is 21.8. The van der Waals surface area contributed by atoms with Crippen LogP contribution in [-0.4, -0.2) is 58.6 Å². The number of nitrogens with zero attached hydrogens (tertiary/aromatic N) is 2. The van der Waals surface area contributed by atoms with Crippen molar-refractivity contribution in [3.63, 3.8) is 0 Å². The van der Waals surface area contributed by atoms with Crippen molar-refractivity contribution >= 4 is 17.5 Å². The standard InChI is InChI=1S/C24H29ClFN3O2/c25-22-12-19(26)7-6-18(22)14-27-24(31)23-13-21(30)16-29(23)20-8-10-28(11-9-20)15-17-4-2-1-3-5-17/h1-7,12,20-21,23,30H,8-11,13-16H2,(H,27,31)/t21-,23+/m1/s1. The van der Waals surface area contributed by atoms with E-state index in [0.717, 1.165) is 32.5 Å². The minimum absolute atomic E-state index is 0.108. The molecule has 166 valence electrons. The Bertz CT molecular complexity index is 890. The molecule has 2 aromatic carbocycles. The van der Waals surface area contributed by atoms with Gasteiger partial charge in [-0.1, -0.05) is 48.0 Å². The SMILES string of the molecule is O=C(NCc1ccc(F)cc1Cl)[C@@H]1C[C@@H](O)CN1C1CCN(Cc2ccccc2)CC1. The fourth-order valence-corrected chi connectivity index (χ4v) is 4.95. The van der Waals surface area contributed by atoms with E-state index in [1.165, 1.54) is 17.7 Å². The second-order valence-electron chi connectivity index (χ2n) is 8.55. The van der Waals surface area contributed by atoms with Gasteiger partial charge in [-0.25, -0.2) is 4.39 Å². The zero-order valence-corrected chi connectivity index (χ0v) is 18.3. The topological polar surface area (TPSA) is 55.8 Å². The highest BCUT2D eigenvalue weighted by atomic mass is 35.5. The molecule has 5 nitrogen and oxygen atoms in total. The molecule has 2 heterocycles. The lowest BCUT2D eigenvalue weighted by atomic mass is 10.0. The van der Waals surface area contributed by atoms with Crippen molar-refractivity contribution in [3.05, 3.63) is 70.5 Å². The normalized spacial score (nSPS) is 23.2. The Balaban J connectivity index is 1.32. The summed E-state index contributed by atoms with van der Waals surface area (Å²) in [6.45, 7) is 3.67. The minimum Gasteiger partial charge on any atom is -0.392 e. The van der Waals surface area contributed by atoms with E-state index in [-0.39, 0.29) is 24.5 Å². The highest BCUT2D eigenvalue weighted by Gasteiger charge is 2.40. The lowest BCUT2D eigenvalue weighted by Gasteiger charge is -2.39. The Labute approximate surface area is 187 Å².